The van der Waals surface area contributed by atoms with Crippen molar-refractivity contribution in [3.63, 3.8) is 0 Å². The van der Waals surface area contributed by atoms with Crippen LogP contribution in [0.3, 0.4) is 0 Å². The van der Waals surface area contributed by atoms with Gasteiger partial charge in [-0.2, -0.15) is 0 Å². The SMILES string of the molecule is CC[C@@]1(O)C=CCCC1=O. The van der Waals surface area contributed by atoms with E-state index < -0.39 is 5.60 Å². The first-order chi connectivity index (χ1) is 4.69. The molecule has 2 heteroatoms. The summed E-state index contributed by atoms with van der Waals surface area (Å²) in [5.41, 5.74) is -1.14. The fourth-order valence-corrected chi connectivity index (χ4v) is 1.12. The lowest BCUT2D eigenvalue weighted by molar-refractivity contribution is -0.133. The lowest BCUT2D eigenvalue weighted by Gasteiger charge is -2.23. The summed E-state index contributed by atoms with van der Waals surface area (Å²) in [5.74, 6) is -0.0440. The van der Waals surface area contributed by atoms with Crippen LogP contribution in [-0.2, 0) is 4.79 Å². The Kier molecular flexibility index (Phi) is 1.90. The van der Waals surface area contributed by atoms with E-state index in [1.54, 1.807) is 6.08 Å². The highest BCUT2D eigenvalue weighted by Crippen LogP contribution is 2.20. The van der Waals surface area contributed by atoms with E-state index in [0.717, 1.165) is 6.42 Å². The van der Waals surface area contributed by atoms with Gasteiger partial charge in [-0.15, -0.1) is 0 Å². The normalized spacial score (nSPS) is 32.8. The molecule has 0 radical (unpaired) electrons. The van der Waals surface area contributed by atoms with Gasteiger partial charge in [0.15, 0.2) is 5.78 Å². The van der Waals surface area contributed by atoms with Crippen molar-refractivity contribution < 1.29 is 9.90 Å². The van der Waals surface area contributed by atoms with E-state index in [1.807, 2.05) is 13.0 Å². The Hall–Kier alpha value is -0.630. The lowest BCUT2D eigenvalue weighted by Crippen LogP contribution is -2.37. The molecule has 0 aliphatic heterocycles. The predicted molar refractivity (Wildman–Crippen MR) is 38.6 cm³/mol. The summed E-state index contributed by atoms with van der Waals surface area (Å²) >= 11 is 0. The van der Waals surface area contributed by atoms with Gasteiger partial charge in [0, 0.05) is 6.42 Å². The maximum Gasteiger partial charge on any atom is 0.168 e. The molecule has 1 rings (SSSR count). The monoisotopic (exact) mass is 140 g/mol. The molecular weight excluding hydrogens is 128 g/mol. The van der Waals surface area contributed by atoms with E-state index in [0.29, 0.717) is 12.8 Å². The molecule has 1 aliphatic rings. The van der Waals surface area contributed by atoms with E-state index in [2.05, 4.69) is 0 Å². The van der Waals surface area contributed by atoms with E-state index in [9.17, 15) is 9.90 Å². The van der Waals surface area contributed by atoms with Crippen LogP contribution < -0.4 is 0 Å². The zero-order valence-corrected chi connectivity index (χ0v) is 6.13. The number of ketones is 1. The summed E-state index contributed by atoms with van der Waals surface area (Å²) in [6.07, 6.45) is 5.23. The quantitative estimate of drug-likeness (QED) is 0.553. The van der Waals surface area contributed by atoms with Gasteiger partial charge in [0.05, 0.1) is 0 Å². The Morgan fingerprint density at radius 2 is 2.50 bits per heavy atom. The number of carbonyl (C=O) groups is 1. The molecule has 0 spiro atoms. The molecule has 0 saturated heterocycles. The van der Waals surface area contributed by atoms with Gasteiger partial charge in [-0.1, -0.05) is 13.0 Å². The Balaban J connectivity index is 2.81. The van der Waals surface area contributed by atoms with Crippen molar-refractivity contribution in [2.45, 2.75) is 31.8 Å². The molecule has 0 heterocycles. The van der Waals surface area contributed by atoms with Gasteiger partial charge >= 0.3 is 0 Å². The second kappa shape index (κ2) is 2.54. The van der Waals surface area contributed by atoms with Crippen molar-refractivity contribution in [2.24, 2.45) is 0 Å². The number of Topliss-reactive ketones (excluding diaryl/α,β-unsaturated/α-hetero) is 1. The first-order valence-electron chi connectivity index (χ1n) is 3.62. The van der Waals surface area contributed by atoms with Gasteiger partial charge in [-0.3, -0.25) is 4.79 Å². The van der Waals surface area contributed by atoms with Crippen molar-refractivity contribution in [2.75, 3.05) is 0 Å². The van der Waals surface area contributed by atoms with Gasteiger partial charge in [-0.05, 0) is 18.9 Å². The van der Waals surface area contributed by atoms with Gasteiger partial charge in [0.1, 0.15) is 5.60 Å². The van der Waals surface area contributed by atoms with Crippen LogP contribution in [0.2, 0.25) is 0 Å². The first-order valence-corrected chi connectivity index (χ1v) is 3.62. The number of aliphatic hydroxyl groups is 1. The van der Waals surface area contributed by atoms with Crippen LogP contribution >= 0.6 is 0 Å². The van der Waals surface area contributed by atoms with Crippen molar-refractivity contribution >= 4 is 5.78 Å². The van der Waals surface area contributed by atoms with E-state index in [4.69, 9.17) is 0 Å². The average Bonchev–Trinajstić information content (AvgIpc) is 1.96. The third-order valence-electron chi connectivity index (χ3n) is 1.95. The molecule has 1 aliphatic carbocycles. The minimum absolute atomic E-state index is 0.0440. The Morgan fingerprint density at radius 3 is 2.90 bits per heavy atom. The number of hydrogen-bond donors (Lipinski definition) is 1. The third-order valence-corrected chi connectivity index (χ3v) is 1.95. The van der Waals surface area contributed by atoms with Crippen LogP contribution in [-0.4, -0.2) is 16.5 Å². The largest absolute Gasteiger partial charge is 0.378 e. The molecule has 0 aromatic carbocycles. The molecule has 0 unspecified atom stereocenters. The summed E-state index contributed by atoms with van der Waals surface area (Å²) in [4.78, 5) is 11.0. The molecule has 0 aromatic rings. The standard InChI is InChI=1S/C8H12O2/c1-2-8(10)6-4-3-5-7(8)9/h4,6,10H,2-3,5H2,1H3/t8-/m1/s1. The number of hydrogen-bond acceptors (Lipinski definition) is 2. The second-order valence-electron chi connectivity index (χ2n) is 2.64. The highest BCUT2D eigenvalue weighted by Gasteiger charge is 2.31. The molecule has 10 heavy (non-hydrogen) atoms. The lowest BCUT2D eigenvalue weighted by atomic mass is 9.88. The highest BCUT2D eigenvalue weighted by atomic mass is 16.3. The van der Waals surface area contributed by atoms with E-state index >= 15 is 0 Å². The van der Waals surface area contributed by atoms with Crippen LogP contribution in [0, 0.1) is 0 Å². The molecule has 56 valence electrons. The fraction of sp³-hybridized carbons (Fsp3) is 0.625. The summed E-state index contributed by atoms with van der Waals surface area (Å²) in [7, 11) is 0. The predicted octanol–water partition coefficient (Wildman–Crippen LogP) is 1.05. The smallest absolute Gasteiger partial charge is 0.168 e. The van der Waals surface area contributed by atoms with Crippen molar-refractivity contribution in [1.29, 1.82) is 0 Å². The molecule has 0 fully saturated rings. The first kappa shape index (κ1) is 7.48. The second-order valence-corrected chi connectivity index (χ2v) is 2.64. The molecule has 1 N–H and O–H groups in total. The molecule has 2 nitrogen and oxygen atoms in total. The summed E-state index contributed by atoms with van der Waals surface area (Å²) in [6.45, 7) is 1.81. The fourth-order valence-electron chi connectivity index (χ4n) is 1.12. The maximum atomic E-state index is 11.0. The zero-order chi connectivity index (χ0) is 7.61. The molecule has 0 amide bonds. The van der Waals surface area contributed by atoms with Gasteiger partial charge < -0.3 is 5.11 Å². The van der Waals surface area contributed by atoms with Gasteiger partial charge in [0.25, 0.3) is 0 Å². The van der Waals surface area contributed by atoms with Crippen LogP contribution in [0.5, 0.6) is 0 Å². The van der Waals surface area contributed by atoms with Gasteiger partial charge in [0.2, 0.25) is 0 Å². The minimum atomic E-state index is -1.14. The van der Waals surface area contributed by atoms with E-state index in [-0.39, 0.29) is 5.78 Å². The number of rotatable bonds is 1. The minimum Gasteiger partial charge on any atom is -0.378 e. The van der Waals surface area contributed by atoms with Crippen LogP contribution in [0.25, 0.3) is 0 Å². The summed E-state index contributed by atoms with van der Waals surface area (Å²) in [5, 5.41) is 9.51. The van der Waals surface area contributed by atoms with Crippen LogP contribution in [0.4, 0.5) is 0 Å². The third kappa shape index (κ3) is 1.12. The van der Waals surface area contributed by atoms with Crippen molar-refractivity contribution in [3.05, 3.63) is 12.2 Å². The summed E-state index contributed by atoms with van der Waals surface area (Å²) < 4.78 is 0. The van der Waals surface area contributed by atoms with Crippen LogP contribution in [0.15, 0.2) is 12.2 Å². The molecule has 1 atom stereocenters. The molecular formula is C8H12O2. The van der Waals surface area contributed by atoms with Crippen molar-refractivity contribution in [1.82, 2.24) is 0 Å². The Morgan fingerprint density at radius 1 is 1.80 bits per heavy atom. The summed E-state index contributed by atoms with van der Waals surface area (Å²) in [6, 6.07) is 0. The molecule has 0 aromatic heterocycles. The Labute approximate surface area is 60.6 Å². The maximum absolute atomic E-state index is 11.0. The topological polar surface area (TPSA) is 37.3 Å². The van der Waals surface area contributed by atoms with Crippen LogP contribution in [0.1, 0.15) is 26.2 Å². The zero-order valence-electron chi connectivity index (χ0n) is 6.13. The van der Waals surface area contributed by atoms with Crippen molar-refractivity contribution in [3.8, 4) is 0 Å². The molecule has 0 saturated carbocycles. The number of carbonyl (C=O) groups excluding carboxylic acids is 1. The van der Waals surface area contributed by atoms with Gasteiger partial charge in [-0.25, -0.2) is 0 Å². The molecule has 0 bridgehead atoms. The Bertz CT molecular complexity index is 172. The average molecular weight is 140 g/mol. The highest BCUT2D eigenvalue weighted by molar-refractivity contribution is 5.90. The van der Waals surface area contributed by atoms with E-state index in [1.165, 1.54) is 0 Å². The number of allylic oxidation sites excluding steroid dienone is 1.